The summed E-state index contributed by atoms with van der Waals surface area (Å²) in [6.07, 6.45) is 0.659. The molecule has 0 aliphatic rings. The predicted molar refractivity (Wildman–Crippen MR) is 50.2 cm³/mol. The molecular formula is C9H16FN3. The summed E-state index contributed by atoms with van der Waals surface area (Å²) in [7, 11) is 3.53. The van der Waals surface area contributed by atoms with E-state index in [1.165, 1.54) is 0 Å². The molecular weight excluding hydrogens is 169 g/mol. The van der Waals surface area contributed by atoms with Crippen LogP contribution in [-0.4, -0.2) is 22.4 Å². The average Bonchev–Trinajstić information content (AvgIpc) is 2.50. The summed E-state index contributed by atoms with van der Waals surface area (Å²) in [5, 5.41) is 6.95. The van der Waals surface area contributed by atoms with E-state index in [4.69, 9.17) is 0 Å². The smallest absolute Gasteiger partial charge is 0.161 e. The summed E-state index contributed by atoms with van der Waals surface area (Å²) in [4.78, 5) is 0. The van der Waals surface area contributed by atoms with E-state index < -0.39 is 11.7 Å². The molecule has 0 fully saturated rings. The molecule has 0 aromatic carbocycles. The Morgan fingerprint density at radius 1 is 1.62 bits per heavy atom. The highest BCUT2D eigenvalue weighted by Gasteiger charge is 2.30. The highest BCUT2D eigenvalue weighted by atomic mass is 19.1. The van der Waals surface area contributed by atoms with Gasteiger partial charge in [0.1, 0.15) is 0 Å². The third-order valence-corrected chi connectivity index (χ3v) is 2.27. The highest BCUT2D eigenvalue weighted by molar-refractivity contribution is 5.08. The Morgan fingerprint density at radius 3 is 2.62 bits per heavy atom. The molecule has 0 spiro atoms. The fourth-order valence-corrected chi connectivity index (χ4v) is 1.06. The van der Waals surface area contributed by atoms with Gasteiger partial charge in [-0.1, -0.05) is 0 Å². The normalized spacial score (nSPS) is 14.5. The summed E-state index contributed by atoms with van der Waals surface area (Å²) in [5.74, 6) is 0. The summed E-state index contributed by atoms with van der Waals surface area (Å²) in [5.41, 5.74) is -0.101. The molecule has 0 saturated heterocycles. The van der Waals surface area contributed by atoms with Gasteiger partial charge in [0.15, 0.2) is 6.17 Å². The Hall–Kier alpha value is -0.900. The Kier molecular flexibility index (Phi) is 2.71. The van der Waals surface area contributed by atoms with Crippen molar-refractivity contribution in [3.05, 3.63) is 18.0 Å². The topological polar surface area (TPSA) is 29.9 Å². The zero-order chi connectivity index (χ0) is 10.1. The van der Waals surface area contributed by atoms with Gasteiger partial charge in [0.2, 0.25) is 0 Å². The van der Waals surface area contributed by atoms with Gasteiger partial charge in [0.05, 0.1) is 5.69 Å². The van der Waals surface area contributed by atoms with Gasteiger partial charge in [-0.3, -0.25) is 4.68 Å². The van der Waals surface area contributed by atoms with Crippen molar-refractivity contribution >= 4 is 0 Å². The van der Waals surface area contributed by atoms with Crippen LogP contribution >= 0.6 is 0 Å². The van der Waals surface area contributed by atoms with Gasteiger partial charge in [0.25, 0.3) is 0 Å². The first kappa shape index (κ1) is 10.2. The molecule has 4 heteroatoms. The number of alkyl halides is 1. The van der Waals surface area contributed by atoms with E-state index >= 15 is 0 Å². The molecule has 1 aromatic heterocycles. The zero-order valence-corrected chi connectivity index (χ0v) is 8.50. The SMILES string of the molecule is CNC(C)(C)C(F)c1ccn(C)n1. The molecule has 1 rings (SSSR count). The fraction of sp³-hybridized carbons (Fsp3) is 0.667. The fourth-order valence-electron chi connectivity index (χ4n) is 1.06. The molecule has 1 aromatic rings. The van der Waals surface area contributed by atoms with Crippen molar-refractivity contribution in [1.82, 2.24) is 15.1 Å². The Bertz CT molecular complexity index is 280. The Balaban J connectivity index is 2.84. The van der Waals surface area contributed by atoms with E-state index in [1.54, 1.807) is 31.0 Å². The number of hydrogen-bond acceptors (Lipinski definition) is 2. The molecule has 0 saturated carbocycles. The number of nitrogens with zero attached hydrogens (tertiary/aromatic N) is 2. The van der Waals surface area contributed by atoms with Crippen molar-refractivity contribution in [2.24, 2.45) is 7.05 Å². The minimum Gasteiger partial charge on any atom is -0.312 e. The van der Waals surface area contributed by atoms with E-state index in [2.05, 4.69) is 10.4 Å². The first-order chi connectivity index (χ1) is 5.97. The number of rotatable bonds is 3. The van der Waals surface area contributed by atoms with Crippen LogP contribution in [0.1, 0.15) is 25.7 Å². The van der Waals surface area contributed by atoms with E-state index in [1.807, 2.05) is 13.8 Å². The molecule has 1 heterocycles. The lowest BCUT2D eigenvalue weighted by molar-refractivity contribution is 0.185. The molecule has 0 amide bonds. The number of hydrogen-bond donors (Lipinski definition) is 1. The number of nitrogens with one attached hydrogen (secondary N) is 1. The van der Waals surface area contributed by atoms with Crippen molar-refractivity contribution in [3.8, 4) is 0 Å². The van der Waals surface area contributed by atoms with Crippen LogP contribution < -0.4 is 5.32 Å². The zero-order valence-electron chi connectivity index (χ0n) is 8.50. The number of halogens is 1. The maximum absolute atomic E-state index is 13.8. The molecule has 13 heavy (non-hydrogen) atoms. The number of likely N-dealkylation sites (N-methyl/N-ethyl adjacent to an activating group) is 1. The molecule has 0 aliphatic carbocycles. The monoisotopic (exact) mass is 185 g/mol. The third kappa shape index (κ3) is 2.06. The summed E-state index contributed by atoms with van der Waals surface area (Å²) in [6, 6.07) is 1.70. The van der Waals surface area contributed by atoms with Crippen LogP contribution in [-0.2, 0) is 7.05 Å². The lowest BCUT2D eigenvalue weighted by atomic mass is 9.97. The molecule has 0 bridgehead atoms. The second-order valence-electron chi connectivity index (χ2n) is 3.75. The van der Waals surface area contributed by atoms with E-state index in [0.717, 1.165) is 0 Å². The van der Waals surface area contributed by atoms with Crippen LogP contribution in [0.25, 0.3) is 0 Å². The van der Waals surface area contributed by atoms with Crippen LogP contribution in [0, 0.1) is 0 Å². The van der Waals surface area contributed by atoms with Crippen molar-refractivity contribution < 1.29 is 4.39 Å². The van der Waals surface area contributed by atoms with Crippen LogP contribution in [0.3, 0.4) is 0 Å². The van der Waals surface area contributed by atoms with Gasteiger partial charge in [-0.05, 0) is 27.0 Å². The van der Waals surface area contributed by atoms with Crippen molar-refractivity contribution in [2.75, 3.05) is 7.05 Å². The predicted octanol–water partition coefficient (Wildman–Crippen LogP) is 1.43. The van der Waals surface area contributed by atoms with Crippen LogP contribution in [0.5, 0.6) is 0 Å². The van der Waals surface area contributed by atoms with Crippen LogP contribution in [0.2, 0.25) is 0 Å². The summed E-state index contributed by atoms with van der Waals surface area (Å²) >= 11 is 0. The van der Waals surface area contributed by atoms with Gasteiger partial charge in [-0.15, -0.1) is 0 Å². The maximum atomic E-state index is 13.8. The Labute approximate surface area is 77.9 Å². The third-order valence-electron chi connectivity index (χ3n) is 2.27. The first-order valence-corrected chi connectivity index (χ1v) is 4.30. The summed E-state index contributed by atoms with van der Waals surface area (Å²) < 4.78 is 15.4. The van der Waals surface area contributed by atoms with E-state index in [0.29, 0.717) is 5.69 Å². The minimum atomic E-state index is -1.08. The molecule has 1 atom stereocenters. The lowest BCUT2D eigenvalue weighted by Crippen LogP contribution is -2.40. The van der Waals surface area contributed by atoms with Crippen LogP contribution in [0.15, 0.2) is 12.3 Å². The minimum absolute atomic E-state index is 0.474. The Morgan fingerprint density at radius 2 is 2.23 bits per heavy atom. The second-order valence-corrected chi connectivity index (χ2v) is 3.75. The highest BCUT2D eigenvalue weighted by Crippen LogP contribution is 2.27. The second kappa shape index (κ2) is 3.46. The van der Waals surface area contributed by atoms with Gasteiger partial charge in [-0.2, -0.15) is 5.10 Å². The molecule has 1 N–H and O–H groups in total. The van der Waals surface area contributed by atoms with Gasteiger partial charge in [0, 0.05) is 18.8 Å². The number of aromatic nitrogens is 2. The van der Waals surface area contributed by atoms with Gasteiger partial charge < -0.3 is 5.32 Å². The lowest BCUT2D eigenvalue weighted by Gasteiger charge is -2.26. The summed E-state index contributed by atoms with van der Waals surface area (Å²) in [6.45, 7) is 3.62. The first-order valence-electron chi connectivity index (χ1n) is 4.30. The van der Waals surface area contributed by atoms with Crippen molar-refractivity contribution in [3.63, 3.8) is 0 Å². The number of aryl methyl sites for hydroxylation is 1. The standard InChI is InChI=1S/C9H16FN3/c1-9(2,11-3)8(10)7-5-6-13(4)12-7/h5-6,8,11H,1-4H3. The van der Waals surface area contributed by atoms with E-state index in [9.17, 15) is 4.39 Å². The molecule has 0 radical (unpaired) electrons. The average molecular weight is 185 g/mol. The maximum Gasteiger partial charge on any atom is 0.161 e. The van der Waals surface area contributed by atoms with Crippen molar-refractivity contribution in [1.29, 1.82) is 0 Å². The molecule has 0 aliphatic heterocycles. The largest absolute Gasteiger partial charge is 0.312 e. The van der Waals surface area contributed by atoms with Crippen LogP contribution in [0.4, 0.5) is 4.39 Å². The van der Waals surface area contributed by atoms with Gasteiger partial charge >= 0.3 is 0 Å². The quantitative estimate of drug-likeness (QED) is 0.772. The van der Waals surface area contributed by atoms with Crippen molar-refractivity contribution in [2.45, 2.75) is 25.6 Å². The molecule has 1 unspecified atom stereocenters. The van der Waals surface area contributed by atoms with E-state index in [-0.39, 0.29) is 0 Å². The molecule has 74 valence electrons. The molecule has 3 nitrogen and oxygen atoms in total. The van der Waals surface area contributed by atoms with Gasteiger partial charge in [-0.25, -0.2) is 4.39 Å².